The number of amides is 1. The van der Waals surface area contributed by atoms with Gasteiger partial charge in [-0.3, -0.25) is 4.79 Å². The van der Waals surface area contributed by atoms with Crippen LogP contribution < -0.4 is 15.4 Å². The van der Waals surface area contributed by atoms with Gasteiger partial charge in [0.2, 0.25) is 5.91 Å². The molecule has 0 aromatic heterocycles. The smallest absolute Gasteiger partial charge is 0.228 e. The highest BCUT2D eigenvalue weighted by Crippen LogP contribution is 2.58. The molecule has 1 saturated heterocycles. The molecule has 1 heterocycles. The Morgan fingerprint density at radius 1 is 1.48 bits per heavy atom. The molecular formula is C16H21BrN2O2. The molecule has 1 spiro atoms. The minimum absolute atomic E-state index is 0.135. The minimum atomic E-state index is 0.135. The van der Waals surface area contributed by atoms with E-state index in [4.69, 9.17) is 4.74 Å². The molecule has 0 radical (unpaired) electrons. The van der Waals surface area contributed by atoms with Crippen molar-refractivity contribution in [3.05, 3.63) is 22.7 Å². The Balaban J connectivity index is 1.69. The normalized spacial score (nSPS) is 22.9. The molecule has 0 bridgehead atoms. The highest BCUT2D eigenvalue weighted by atomic mass is 79.9. The summed E-state index contributed by atoms with van der Waals surface area (Å²) in [5.41, 5.74) is 1.01. The molecule has 21 heavy (non-hydrogen) atoms. The fraction of sp³-hybridized carbons (Fsp3) is 0.562. The molecule has 2 aliphatic rings. The number of rotatable bonds is 4. The van der Waals surface area contributed by atoms with Crippen LogP contribution in [0.1, 0.15) is 26.2 Å². The average Bonchev–Trinajstić information content (AvgIpc) is 3.16. The maximum absolute atomic E-state index is 12.5. The molecule has 4 nitrogen and oxygen atoms in total. The lowest BCUT2D eigenvalue weighted by molar-refractivity contribution is -0.118. The summed E-state index contributed by atoms with van der Waals surface area (Å²) in [6.45, 7) is 4.60. The summed E-state index contributed by atoms with van der Waals surface area (Å²) < 4.78 is 6.52. The van der Waals surface area contributed by atoms with Gasteiger partial charge in [-0.25, -0.2) is 0 Å². The first kappa shape index (κ1) is 14.9. The maximum Gasteiger partial charge on any atom is 0.228 e. The Kier molecular flexibility index (Phi) is 4.22. The summed E-state index contributed by atoms with van der Waals surface area (Å²) in [4.78, 5) is 12.5. The predicted molar refractivity (Wildman–Crippen MR) is 86.6 cm³/mol. The Labute approximate surface area is 133 Å². The molecule has 1 aliphatic carbocycles. The number of ether oxygens (including phenoxy) is 1. The van der Waals surface area contributed by atoms with Crippen molar-refractivity contribution in [1.82, 2.24) is 5.32 Å². The average molecular weight is 353 g/mol. The Morgan fingerprint density at radius 3 is 2.95 bits per heavy atom. The Morgan fingerprint density at radius 2 is 2.24 bits per heavy atom. The third-order valence-corrected chi connectivity index (χ3v) is 5.10. The first-order chi connectivity index (χ1) is 10.1. The largest absolute Gasteiger partial charge is 0.492 e. The van der Waals surface area contributed by atoms with Gasteiger partial charge in [0.1, 0.15) is 5.75 Å². The molecular weight excluding hydrogens is 332 g/mol. The van der Waals surface area contributed by atoms with Crippen LogP contribution in [0.4, 0.5) is 5.69 Å². The second kappa shape index (κ2) is 5.97. The van der Waals surface area contributed by atoms with Crippen LogP contribution in [0, 0.1) is 11.3 Å². The van der Waals surface area contributed by atoms with Crippen LogP contribution in [0.3, 0.4) is 0 Å². The van der Waals surface area contributed by atoms with Crippen LogP contribution in [0.5, 0.6) is 5.75 Å². The van der Waals surface area contributed by atoms with Gasteiger partial charge in [-0.05, 0) is 62.9 Å². The first-order valence-electron chi connectivity index (χ1n) is 7.58. The van der Waals surface area contributed by atoms with Crippen molar-refractivity contribution in [3.63, 3.8) is 0 Å². The molecule has 2 fully saturated rings. The van der Waals surface area contributed by atoms with E-state index in [-0.39, 0.29) is 17.2 Å². The Hall–Kier alpha value is -1.07. The SMILES string of the molecule is CCOc1ccc(Br)cc1NC(=O)C1CC12CCNCC2. The zero-order valence-corrected chi connectivity index (χ0v) is 13.8. The third-order valence-electron chi connectivity index (χ3n) is 4.60. The number of hydrogen-bond acceptors (Lipinski definition) is 3. The highest BCUT2D eigenvalue weighted by molar-refractivity contribution is 9.10. The van der Waals surface area contributed by atoms with Crippen molar-refractivity contribution in [2.45, 2.75) is 26.2 Å². The molecule has 3 rings (SSSR count). The topological polar surface area (TPSA) is 50.4 Å². The third kappa shape index (κ3) is 3.09. The monoisotopic (exact) mass is 352 g/mol. The van der Waals surface area contributed by atoms with E-state index in [1.807, 2.05) is 25.1 Å². The number of piperidine rings is 1. The molecule has 5 heteroatoms. The number of carbonyl (C=O) groups is 1. The molecule has 1 atom stereocenters. The van der Waals surface area contributed by atoms with Crippen molar-refractivity contribution in [3.8, 4) is 5.75 Å². The van der Waals surface area contributed by atoms with Crippen molar-refractivity contribution < 1.29 is 9.53 Å². The summed E-state index contributed by atoms with van der Waals surface area (Å²) in [6.07, 6.45) is 3.25. The van der Waals surface area contributed by atoms with E-state index < -0.39 is 0 Å². The van der Waals surface area contributed by atoms with Gasteiger partial charge in [-0.2, -0.15) is 0 Å². The predicted octanol–water partition coefficient (Wildman–Crippen LogP) is 3.18. The summed E-state index contributed by atoms with van der Waals surface area (Å²) in [5.74, 6) is 1.03. The summed E-state index contributed by atoms with van der Waals surface area (Å²) in [7, 11) is 0. The van der Waals surface area contributed by atoms with Gasteiger partial charge in [-0.1, -0.05) is 15.9 Å². The van der Waals surface area contributed by atoms with Crippen molar-refractivity contribution in [2.75, 3.05) is 25.0 Å². The second-order valence-corrected chi connectivity index (χ2v) is 6.85. The number of carbonyl (C=O) groups excluding carboxylic acids is 1. The van der Waals surface area contributed by atoms with E-state index in [0.29, 0.717) is 6.61 Å². The van der Waals surface area contributed by atoms with Crippen LogP contribution in [0.2, 0.25) is 0 Å². The van der Waals surface area contributed by atoms with Crippen LogP contribution in [0.25, 0.3) is 0 Å². The zero-order chi connectivity index (χ0) is 14.9. The number of hydrogen-bond donors (Lipinski definition) is 2. The molecule has 1 saturated carbocycles. The molecule has 114 valence electrons. The lowest BCUT2D eigenvalue weighted by Gasteiger charge is -2.23. The highest BCUT2D eigenvalue weighted by Gasteiger charge is 2.57. The van der Waals surface area contributed by atoms with E-state index >= 15 is 0 Å². The summed E-state index contributed by atoms with van der Waals surface area (Å²) in [6, 6.07) is 5.71. The van der Waals surface area contributed by atoms with Crippen LogP contribution in [-0.4, -0.2) is 25.6 Å². The lowest BCUT2D eigenvalue weighted by Crippen LogP contribution is -2.31. The standard InChI is InChI=1S/C16H21BrN2O2/c1-2-21-14-4-3-11(17)9-13(14)19-15(20)12-10-16(12)5-7-18-8-6-16/h3-4,9,12,18H,2,5-8,10H2,1H3,(H,19,20). The van der Waals surface area contributed by atoms with Gasteiger partial charge in [0.15, 0.2) is 0 Å². The van der Waals surface area contributed by atoms with Crippen molar-refractivity contribution >= 4 is 27.5 Å². The molecule has 1 aromatic rings. The van der Waals surface area contributed by atoms with Gasteiger partial charge in [0.05, 0.1) is 12.3 Å². The molecule has 1 amide bonds. The second-order valence-electron chi connectivity index (χ2n) is 5.93. The molecule has 2 N–H and O–H groups in total. The van der Waals surface area contributed by atoms with E-state index in [2.05, 4.69) is 26.6 Å². The maximum atomic E-state index is 12.5. The summed E-state index contributed by atoms with van der Waals surface area (Å²) >= 11 is 3.44. The van der Waals surface area contributed by atoms with Gasteiger partial charge >= 0.3 is 0 Å². The van der Waals surface area contributed by atoms with E-state index in [1.54, 1.807) is 0 Å². The van der Waals surface area contributed by atoms with Crippen LogP contribution in [-0.2, 0) is 4.79 Å². The van der Waals surface area contributed by atoms with Crippen molar-refractivity contribution in [1.29, 1.82) is 0 Å². The van der Waals surface area contributed by atoms with Crippen LogP contribution >= 0.6 is 15.9 Å². The van der Waals surface area contributed by atoms with Gasteiger partial charge < -0.3 is 15.4 Å². The minimum Gasteiger partial charge on any atom is -0.492 e. The van der Waals surface area contributed by atoms with E-state index in [1.165, 1.54) is 0 Å². The number of halogens is 1. The van der Waals surface area contributed by atoms with Gasteiger partial charge in [-0.15, -0.1) is 0 Å². The zero-order valence-electron chi connectivity index (χ0n) is 12.2. The fourth-order valence-corrected chi connectivity index (χ4v) is 3.66. The van der Waals surface area contributed by atoms with Crippen LogP contribution in [0.15, 0.2) is 22.7 Å². The van der Waals surface area contributed by atoms with E-state index in [9.17, 15) is 4.79 Å². The van der Waals surface area contributed by atoms with Gasteiger partial charge in [0.25, 0.3) is 0 Å². The lowest BCUT2D eigenvalue weighted by atomic mass is 9.92. The first-order valence-corrected chi connectivity index (χ1v) is 8.38. The fourth-order valence-electron chi connectivity index (χ4n) is 3.30. The summed E-state index contributed by atoms with van der Waals surface area (Å²) in [5, 5.41) is 6.42. The number of anilines is 1. The van der Waals surface area contributed by atoms with Gasteiger partial charge in [0, 0.05) is 10.4 Å². The Bertz CT molecular complexity index is 541. The quantitative estimate of drug-likeness (QED) is 0.874. The van der Waals surface area contributed by atoms with Crippen molar-refractivity contribution in [2.24, 2.45) is 11.3 Å². The molecule has 1 aromatic carbocycles. The molecule has 1 unspecified atom stereocenters. The number of nitrogens with one attached hydrogen (secondary N) is 2. The molecule has 1 aliphatic heterocycles. The van der Waals surface area contributed by atoms with E-state index in [0.717, 1.165) is 48.3 Å². The number of benzene rings is 1.